The summed E-state index contributed by atoms with van der Waals surface area (Å²) in [4.78, 5) is 5.39. The van der Waals surface area contributed by atoms with Crippen molar-refractivity contribution in [1.29, 1.82) is 0 Å². The maximum absolute atomic E-state index is 3.53. The van der Waals surface area contributed by atoms with E-state index >= 15 is 0 Å². The molecule has 21 heavy (non-hydrogen) atoms. The van der Waals surface area contributed by atoms with Crippen molar-refractivity contribution in [1.82, 2.24) is 15.1 Å². The molecule has 0 amide bonds. The van der Waals surface area contributed by atoms with E-state index in [1.165, 1.54) is 57.5 Å². The topological polar surface area (TPSA) is 18.5 Å². The Bertz CT molecular complexity index is 412. The first-order chi connectivity index (χ1) is 10.3. The normalized spacial score (nSPS) is 29.2. The van der Waals surface area contributed by atoms with Crippen LogP contribution in [-0.2, 0) is 6.54 Å². The Hall–Kier alpha value is -0.900. The minimum Gasteiger partial charge on any atom is -0.317 e. The van der Waals surface area contributed by atoms with Gasteiger partial charge in [-0.2, -0.15) is 0 Å². The molecule has 2 atom stereocenters. The molecule has 1 aromatic carbocycles. The average Bonchev–Trinajstić information content (AvgIpc) is 2.79. The van der Waals surface area contributed by atoms with E-state index in [-0.39, 0.29) is 0 Å². The minimum atomic E-state index is 0.662. The molecule has 2 aliphatic rings. The molecule has 0 spiro atoms. The third-order valence-electron chi connectivity index (χ3n) is 5.09. The molecule has 0 radical (unpaired) electrons. The summed E-state index contributed by atoms with van der Waals surface area (Å²) in [6.07, 6.45) is 4.03. The Morgan fingerprint density at radius 1 is 1.10 bits per heavy atom. The second-order valence-electron chi connectivity index (χ2n) is 6.63. The molecule has 0 saturated carbocycles. The van der Waals surface area contributed by atoms with Gasteiger partial charge in [-0.3, -0.25) is 9.80 Å². The molecule has 2 fully saturated rings. The van der Waals surface area contributed by atoms with Gasteiger partial charge in [-0.1, -0.05) is 30.3 Å². The smallest absolute Gasteiger partial charge is 0.0237 e. The first-order valence-electron chi connectivity index (χ1n) is 8.55. The van der Waals surface area contributed by atoms with Crippen LogP contribution in [0.4, 0.5) is 0 Å². The number of benzene rings is 1. The van der Waals surface area contributed by atoms with E-state index in [1.807, 2.05) is 0 Å². The van der Waals surface area contributed by atoms with Gasteiger partial charge >= 0.3 is 0 Å². The van der Waals surface area contributed by atoms with E-state index in [9.17, 15) is 0 Å². The fraction of sp³-hybridized carbons (Fsp3) is 0.667. The van der Waals surface area contributed by atoms with Crippen LogP contribution in [0.1, 0.15) is 31.7 Å². The van der Waals surface area contributed by atoms with Gasteiger partial charge in [0.2, 0.25) is 0 Å². The second kappa shape index (κ2) is 7.39. The lowest BCUT2D eigenvalue weighted by Gasteiger charge is -2.43. The summed E-state index contributed by atoms with van der Waals surface area (Å²) in [5.41, 5.74) is 1.44. The Morgan fingerprint density at radius 3 is 2.76 bits per heavy atom. The molecule has 3 heteroatoms. The van der Waals surface area contributed by atoms with Crippen molar-refractivity contribution in [2.75, 3.05) is 32.7 Å². The molecular formula is C18H29N3. The average molecular weight is 287 g/mol. The molecule has 1 N–H and O–H groups in total. The summed E-state index contributed by atoms with van der Waals surface area (Å²) < 4.78 is 0. The van der Waals surface area contributed by atoms with Gasteiger partial charge in [0.15, 0.2) is 0 Å². The van der Waals surface area contributed by atoms with Crippen molar-refractivity contribution < 1.29 is 0 Å². The van der Waals surface area contributed by atoms with Gasteiger partial charge in [0.05, 0.1) is 0 Å². The number of hydrogen-bond donors (Lipinski definition) is 1. The van der Waals surface area contributed by atoms with Crippen LogP contribution in [0.15, 0.2) is 30.3 Å². The lowest BCUT2D eigenvalue weighted by Crippen LogP contribution is -2.54. The van der Waals surface area contributed by atoms with Gasteiger partial charge in [-0.15, -0.1) is 0 Å². The van der Waals surface area contributed by atoms with E-state index in [0.29, 0.717) is 6.04 Å². The predicted molar refractivity (Wildman–Crippen MR) is 88.4 cm³/mol. The predicted octanol–water partition coefficient (Wildman–Crippen LogP) is 2.33. The van der Waals surface area contributed by atoms with Gasteiger partial charge in [0, 0.05) is 38.3 Å². The molecule has 1 aromatic rings. The number of piperazine rings is 1. The van der Waals surface area contributed by atoms with Crippen LogP contribution in [0.5, 0.6) is 0 Å². The first-order valence-corrected chi connectivity index (χ1v) is 8.55. The molecule has 2 aliphatic heterocycles. The Kier molecular flexibility index (Phi) is 5.28. The van der Waals surface area contributed by atoms with Crippen LogP contribution in [0.3, 0.4) is 0 Å². The number of nitrogens with zero attached hydrogens (tertiary/aromatic N) is 2. The highest BCUT2D eigenvalue weighted by atomic mass is 15.3. The molecule has 0 aromatic heterocycles. The highest BCUT2D eigenvalue weighted by Crippen LogP contribution is 2.20. The Morgan fingerprint density at radius 2 is 1.95 bits per heavy atom. The molecular weight excluding hydrogens is 258 g/mol. The quantitative estimate of drug-likeness (QED) is 0.920. The standard InChI is InChI=1S/C18H29N3/c1-16-14-21(18-8-5-10-19-11-9-18)13-12-20(16)15-17-6-3-2-4-7-17/h2-4,6-7,16,18-19H,5,8-15H2,1H3. The summed E-state index contributed by atoms with van der Waals surface area (Å²) in [5, 5.41) is 3.53. The summed E-state index contributed by atoms with van der Waals surface area (Å²) in [5.74, 6) is 0. The lowest BCUT2D eigenvalue weighted by molar-refractivity contribution is 0.0468. The fourth-order valence-electron chi connectivity index (χ4n) is 3.77. The SMILES string of the molecule is CC1CN(C2CCCNCC2)CCN1Cc1ccccc1. The van der Waals surface area contributed by atoms with Gasteiger partial charge in [-0.25, -0.2) is 0 Å². The largest absolute Gasteiger partial charge is 0.317 e. The summed E-state index contributed by atoms with van der Waals surface area (Å²) in [7, 11) is 0. The van der Waals surface area contributed by atoms with Crippen LogP contribution in [0.2, 0.25) is 0 Å². The van der Waals surface area contributed by atoms with E-state index in [4.69, 9.17) is 0 Å². The van der Waals surface area contributed by atoms with Crippen molar-refractivity contribution in [2.24, 2.45) is 0 Å². The molecule has 116 valence electrons. The summed E-state index contributed by atoms with van der Waals surface area (Å²) >= 11 is 0. The maximum atomic E-state index is 3.53. The van der Waals surface area contributed by atoms with Crippen LogP contribution in [-0.4, -0.2) is 54.6 Å². The Labute approximate surface area is 129 Å². The van der Waals surface area contributed by atoms with Gasteiger partial charge in [0.1, 0.15) is 0 Å². The third-order valence-corrected chi connectivity index (χ3v) is 5.09. The molecule has 0 aliphatic carbocycles. The maximum Gasteiger partial charge on any atom is 0.0237 e. The molecule has 2 heterocycles. The zero-order valence-electron chi connectivity index (χ0n) is 13.3. The van der Waals surface area contributed by atoms with Crippen molar-refractivity contribution in [3.63, 3.8) is 0 Å². The number of rotatable bonds is 3. The number of hydrogen-bond acceptors (Lipinski definition) is 3. The van der Waals surface area contributed by atoms with E-state index in [0.717, 1.165) is 12.6 Å². The number of nitrogens with one attached hydrogen (secondary N) is 1. The minimum absolute atomic E-state index is 0.662. The second-order valence-corrected chi connectivity index (χ2v) is 6.63. The van der Waals surface area contributed by atoms with Gasteiger partial charge < -0.3 is 5.32 Å². The van der Waals surface area contributed by atoms with Crippen molar-refractivity contribution >= 4 is 0 Å². The van der Waals surface area contributed by atoms with Crippen LogP contribution < -0.4 is 5.32 Å². The zero-order chi connectivity index (χ0) is 14.5. The molecule has 2 saturated heterocycles. The van der Waals surface area contributed by atoms with E-state index in [1.54, 1.807) is 0 Å². The fourth-order valence-corrected chi connectivity index (χ4v) is 3.77. The highest BCUT2D eigenvalue weighted by Gasteiger charge is 2.28. The molecule has 3 rings (SSSR count). The highest BCUT2D eigenvalue weighted by molar-refractivity contribution is 5.14. The lowest BCUT2D eigenvalue weighted by atomic mass is 10.0. The van der Waals surface area contributed by atoms with E-state index in [2.05, 4.69) is 52.4 Å². The summed E-state index contributed by atoms with van der Waals surface area (Å²) in [6, 6.07) is 12.4. The van der Waals surface area contributed by atoms with Crippen LogP contribution >= 0.6 is 0 Å². The first kappa shape index (κ1) is 15.0. The zero-order valence-corrected chi connectivity index (χ0v) is 13.3. The molecule has 2 unspecified atom stereocenters. The molecule has 3 nitrogen and oxygen atoms in total. The van der Waals surface area contributed by atoms with Gasteiger partial charge in [-0.05, 0) is 44.8 Å². The van der Waals surface area contributed by atoms with Crippen molar-refractivity contribution in [3.05, 3.63) is 35.9 Å². The van der Waals surface area contributed by atoms with Gasteiger partial charge in [0.25, 0.3) is 0 Å². The third kappa shape index (κ3) is 4.06. The van der Waals surface area contributed by atoms with E-state index < -0.39 is 0 Å². The Balaban J connectivity index is 1.54. The monoisotopic (exact) mass is 287 g/mol. The van der Waals surface area contributed by atoms with Crippen molar-refractivity contribution in [2.45, 2.75) is 44.8 Å². The summed E-state index contributed by atoms with van der Waals surface area (Å²) in [6.45, 7) is 9.58. The van der Waals surface area contributed by atoms with Crippen LogP contribution in [0, 0.1) is 0 Å². The van der Waals surface area contributed by atoms with Crippen LogP contribution in [0.25, 0.3) is 0 Å². The molecule has 0 bridgehead atoms. The van der Waals surface area contributed by atoms with Crippen molar-refractivity contribution in [3.8, 4) is 0 Å².